The number of carboxylic acid groups (broad SMARTS) is 1. The van der Waals surface area contributed by atoms with E-state index >= 15 is 0 Å². The average Bonchev–Trinajstić information content (AvgIpc) is 2.98. The summed E-state index contributed by atoms with van der Waals surface area (Å²) in [5.41, 5.74) is 0.106. The van der Waals surface area contributed by atoms with E-state index in [0.29, 0.717) is 0 Å². The minimum Gasteiger partial charge on any atom is -0.495 e. The normalized spacial score (nSPS) is 13.3. The predicted octanol–water partition coefficient (Wildman–Crippen LogP) is 2.59. The zero-order valence-electron chi connectivity index (χ0n) is 12.4. The maximum absolute atomic E-state index is 13.0. The molecule has 0 fully saturated rings. The van der Waals surface area contributed by atoms with Crippen molar-refractivity contribution in [3.05, 3.63) is 47.0 Å². The molecule has 1 aliphatic heterocycles. The molecule has 0 atom stereocenters. The lowest BCUT2D eigenvalue weighted by molar-refractivity contribution is 0.0697. The summed E-state index contributed by atoms with van der Waals surface area (Å²) in [5, 5.41) is 9.33. The maximum Gasteiger partial charge on any atom is 0.335 e. The number of sulfonamides is 1. The number of hydrogen-bond donors (Lipinski definition) is 1. The van der Waals surface area contributed by atoms with Crippen LogP contribution in [-0.4, -0.2) is 33.3 Å². The monoisotopic (exact) mass is 369 g/mol. The molecule has 7 nitrogen and oxygen atoms in total. The highest BCUT2D eigenvalue weighted by molar-refractivity contribution is 7.93. The molecule has 2 aromatic rings. The van der Waals surface area contributed by atoms with E-state index in [2.05, 4.69) is 0 Å². The molecule has 0 radical (unpaired) electrons. The smallest absolute Gasteiger partial charge is 0.335 e. The molecule has 0 unspecified atom stereocenters. The fraction of sp³-hybridized carbons (Fsp3) is 0.133. The summed E-state index contributed by atoms with van der Waals surface area (Å²) in [7, 11) is -2.71. The van der Waals surface area contributed by atoms with Gasteiger partial charge in [0.2, 0.25) is 0 Å². The first-order valence-electron chi connectivity index (χ1n) is 6.71. The Hall–Kier alpha value is -2.45. The van der Waals surface area contributed by atoms with Gasteiger partial charge in [-0.25, -0.2) is 17.5 Å². The Labute approximate surface area is 143 Å². The van der Waals surface area contributed by atoms with E-state index in [1.165, 1.54) is 43.5 Å². The number of aromatic carboxylic acids is 1. The van der Waals surface area contributed by atoms with Crippen LogP contribution in [0.4, 0.5) is 5.69 Å². The summed E-state index contributed by atoms with van der Waals surface area (Å²) < 4.78 is 37.3. The molecule has 0 aliphatic carbocycles. The van der Waals surface area contributed by atoms with Crippen LogP contribution >= 0.6 is 11.6 Å². The van der Waals surface area contributed by atoms with Crippen LogP contribution < -0.4 is 13.8 Å². The molecule has 0 amide bonds. The second kappa shape index (κ2) is 5.88. The van der Waals surface area contributed by atoms with Gasteiger partial charge in [0.1, 0.15) is 16.4 Å². The third-order valence-electron chi connectivity index (χ3n) is 3.51. The molecule has 1 aliphatic rings. The van der Waals surface area contributed by atoms with Gasteiger partial charge in [-0.2, -0.15) is 0 Å². The van der Waals surface area contributed by atoms with E-state index in [4.69, 9.17) is 26.2 Å². The van der Waals surface area contributed by atoms with Crippen LogP contribution in [0.2, 0.25) is 5.02 Å². The molecular formula is C15H12ClNO6S. The van der Waals surface area contributed by atoms with Gasteiger partial charge in [0.25, 0.3) is 10.0 Å². The Kier molecular flexibility index (Phi) is 4.02. The van der Waals surface area contributed by atoms with Gasteiger partial charge in [-0.05, 0) is 36.4 Å². The van der Waals surface area contributed by atoms with Gasteiger partial charge in [-0.1, -0.05) is 11.6 Å². The van der Waals surface area contributed by atoms with E-state index in [-0.39, 0.29) is 39.4 Å². The van der Waals surface area contributed by atoms with Gasteiger partial charge in [0.15, 0.2) is 6.73 Å². The number of carboxylic acids is 1. The van der Waals surface area contributed by atoms with E-state index < -0.39 is 16.0 Å². The highest BCUT2D eigenvalue weighted by Crippen LogP contribution is 2.40. The topological polar surface area (TPSA) is 93.1 Å². The maximum atomic E-state index is 13.0. The van der Waals surface area contributed by atoms with E-state index in [1.54, 1.807) is 0 Å². The number of benzene rings is 2. The Morgan fingerprint density at radius 1 is 1.29 bits per heavy atom. The Balaban J connectivity index is 2.13. The number of anilines is 1. The van der Waals surface area contributed by atoms with Gasteiger partial charge in [0.05, 0.1) is 18.4 Å². The molecule has 3 rings (SSSR count). The van der Waals surface area contributed by atoms with Crippen LogP contribution in [-0.2, 0) is 10.0 Å². The number of halogens is 1. The minimum absolute atomic E-state index is 0.0440. The van der Waals surface area contributed by atoms with Crippen LogP contribution in [0.1, 0.15) is 10.4 Å². The van der Waals surface area contributed by atoms with Gasteiger partial charge in [0, 0.05) is 5.02 Å². The third kappa shape index (κ3) is 2.63. The molecule has 126 valence electrons. The van der Waals surface area contributed by atoms with Crippen molar-refractivity contribution in [2.75, 3.05) is 18.1 Å². The zero-order chi connectivity index (χ0) is 17.5. The number of fused-ring (bicyclic) bond motifs is 1. The van der Waals surface area contributed by atoms with Gasteiger partial charge in [-0.3, -0.25) is 0 Å². The third-order valence-corrected chi connectivity index (χ3v) is 5.50. The van der Waals surface area contributed by atoms with Crippen molar-refractivity contribution in [2.45, 2.75) is 4.90 Å². The van der Waals surface area contributed by atoms with Crippen LogP contribution in [0.3, 0.4) is 0 Å². The van der Waals surface area contributed by atoms with E-state index in [0.717, 1.165) is 4.31 Å². The Morgan fingerprint density at radius 2 is 2.04 bits per heavy atom. The minimum atomic E-state index is -4.05. The molecule has 0 aromatic heterocycles. The number of nitrogens with zero attached hydrogens (tertiary/aromatic N) is 1. The number of ether oxygens (including phenoxy) is 2. The van der Waals surface area contributed by atoms with Crippen LogP contribution in [0.25, 0.3) is 0 Å². The van der Waals surface area contributed by atoms with Gasteiger partial charge >= 0.3 is 5.97 Å². The van der Waals surface area contributed by atoms with Crippen molar-refractivity contribution >= 4 is 33.3 Å². The highest BCUT2D eigenvalue weighted by atomic mass is 35.5. The Bertz CT molecular complexity index is 928. The Morgan fingerprint density at radius 3 is 2.71 bits per heavy atom. The lowest BCUT2D eigenvalue weighted by Crippen LogP contribution is -2.30. The molecule has 2 aromatic carbocycles. The summed E-state index contributed by atoms with van der Waals surface area (Å²) in [6.07, 6.45) is 0. The SMILES string of the molecule is COc1ccc(Cl)cc1S(=O)(=O)N1COc2ccc(C(=O)O)cc21. The molecule has 24 heavy (non-hydrogen) atoms. The van der Waals surface area contributed by atoms with Crippen LogP contribution in [0, 0.1) is 0 Å². The molecular weight excluding hydrogens is 358 g/mol. The fourth-order valence-corrected chi connectivity index (χ4v) is 4.08. The van der Waals surface area contributed by atoms with Crippen molar-refractivity contribution in [1.82, 2.24) is 0 Å². The number of carbonyl (C=O) groups is 1. The summed E-state index contributed by atoms with van der Waals surface area (Å²) in [4.78, 5) is 11.0. The van der Waals surface area contributed by atoms with E-state index in [1.807, 2.05) is 0 Å². The van der Waals surface area contributed by atoms with Gasteiger partial charge in [-0.15, -0.1) is 0 Å². The quantitative estimate of drug-likeness (QED) is 0.890. The fourth-order valence-electron chi connectivity index (χ4n) is 2.33. The second-order valence-corrected chi connectivity index (χ2v) is 7.18. The molecule has 9 heteroatoms. The van der Waals surface area contributed by atoms with Crippen molar-refractivity contribution < 1.29 is 27.8 Å². The summed E-state index contributed by atoms with van der Waals surface area (Å²) in [6.45, 7) is -0.267. The molecule has 0 spiro atoms. The van der Waals surface area contributed by atoms with Crippen molar-refractivity contribution in [1.29, 1.82) is 0 Å². The number of hydrogen-bond acceptors (Lipinski definition) is 5. The van der Waals surface area contributed by atoms with Crippen molar-refractivity contribution in [3.8, 4) is 11.5 Å². The molecule has 0 bridgehead atoms. The molecule has 1 heterocycles. The van der Waals surface area contributed by atoms with E-state index in [9.17, 15) is 13.2 Å². The summed E-state index contributed by atoms with van der Waals surface area (Å²) in [6, 6.07) is 8.24. The van der Waals surface area contributed by atoms with Gasteiger partial charge < -0.3 is 14.6 Å². The lowest BCUT2D eigenvalue weighted by atomic mass is 10.2. The first kappa shape index (κ1) is 16.4. The molecule has 0 saturated carbocycles. The zero-order valence-corrected chi connectivity index (χ0v) is 14.0. The summed E-state index contributed by atoms with van der Waals surface area (Å²) in [5.74, 6) is -0.755. The highest BCUT2D eigenvalue weighted by Gasteiger charge is 2.35. The summed E-state index contributed by atoms with van der Waals surface area (Å²) >= 11 is 5.91. The number of methoxy groups -OCH3 is 1. The van der Waals surface area contributed by atoms with Crippen LogP contribution in [0.15, 0.2) is 41.3 Å². The van der Waals surface area contributed by atoms with Crippen LogP contribution in [0.5, 0.6) is 11.5 Å². The molecule has 0 saturated heterocycles. The first-order chi connectivity index (χ1) is 11.3. The average molecular weight is 370 g/mol. The molecule has 1 N–H and O–H groups in total. The standard InChI is InChI=1S/C15H12ClNO6S/c1-22-13-5-3-10(16)7-14(13)24(20,21)17-8-23-12-4-2-9(15(18)19)6-11(12)17/h2-7H,8H2,1H3,(H,18,19). The number of rotatable bonds is 4. The van der Waals surface area contributed by atoms with Crippen molar-refractivity contribution in [3.63, 3.8) is 0 Å². The first-order valence-corrected chi connectivity index (χ1v) is 8.53. The second-order valence-electron chi connectivity index (χ2n) is 4.91. The predicted molar refractivity (Wildman–Crippen MR) is 86.6 cm³/mol. The largest absolute Gasteiger partial charge is 0.495 e. The van der Waals surface area contributed by atoms with Crippen molar-refractivity contribution in [2.24, 2.45) is 0 Å². The lowest BCUT2D eigenvalue weighted by Gasteiger charge is -2.19.